The fourth-order valence-electron chi connectivity index (χ4n) is 3.28. The van der Waals surface area contributed by atoms with Crippen LogP contribution in [0.2, 0.25) is 0 Å². The summed E-state index contributed by atoms with van der Waals surface area (Å²) in [5.74, 6) is 0.155. The summed E-state index contributed by atoms with van der Waals surface area (Å²) < 4.78 is 13.3. The van der Waals surface area contributed by atoms with Crippen LogP contribution >= 0.6 is 11.3 Å². The average molecular weight is 427 g/mol. The molecule has 2 aromatic carbocycles. The van der Waals surface area contributed by atoms with E-state index in [2.05, 4.69) is 11.1 Å². The molecule has 3 rings (SSSR count). The highest BCUT2D eigenvalue weighted by Gasteiger charge is 2.14. The third-order valence-electron chi connectivity index (χ3n) is 4.52. The Morgan fingerprint density at radius 3 is 2.47 bits per heavy atom. The summed E-state index contributed by atoms with van der Waals surface area (Å²) in [6, 6.07) is 11.5. The molecule has 3 aromatic rings. The summed E-state index contributed by atoms with van der Waals surface area (Å²) in [7, 11) is 0. The summed E-state index contributed by atoms with van der Waals surface area (Å²) in [6.45, 7) is 8.65. The monoisotopic (exact) mass is 426 g/mol. The van der Waals surface area contributed by atoms with Gasteiger partial charge >= 0.3 is 5.97 Å². The van der Waals surface area contributed by atoms with E-state index in [0.717, 1.165) is 32.7 Å². The van der Waals surface area contributed by atoms with E-state index in [1.807, 2.05) is 51.1 Å². The molecule has 30 heavy (non-hydrogen) atoms. The number of ether oxygens (including phenoxy) is 2. The second kappa shape index (κ2) is 9.71. The third kappa shape index (κ3) is 5.16. The van der Waals surface area contributed by atoms with Crippen LogP contribution in [0.3, 0.4) is 0 Å². The molecule has 0 fully saturated rings. The second-order valence-corrected chi connectivity index (χ2v) is 7.94. The molecule has 0 N–H and O–H groups in total. The Morgan fingerprint density at radius 2 is 1.80 bits per heavy atom. The molecule has 0 aliphatic carbocycles. The predicted octanol–water partition coefficient (Wildman–Crippen LogP) is 3.95. The van der Waals surface area contributed by atoms with Crippen molar-refractivity contribution in [1.82, 2.24) is 4.57 Å². The number of aromatic nitrogens is 1. The van der Waals surface area contributed by atoms with Gasteiger partial charge in [-0.15, -0.1) is 0 Å². The van der Waals surface area contributed by atoms with Gasteiger partial charge in [-0.3, -0.25) is 9.59 Å². The van der Waals surface area contributed by atoms with Crippen LogP contribution in [-0.2, 0) is 27.3 Å². The molecule has 0 atom stereocenters. The SMILES string of the molecule is CCOC(=O)Cn1c(=NC(=O)Cc2ccc(OCC)cc2)sc2c(C)cc(C)cc21. The Morgan fingerprint density at radius 1 is 1.07 bits per heavy atom. The van der Waals surface area contributed by atoms with Crippen molar-refractivity contribution in [2.75, 3.05) is 13.2 Å². The lowest BCUT2D eigenvalue weighted by Crippen LogP contribution is -2.23. The van der Waals surface area contributed by atoms with Crippen LogP contribution in [0.5, 0.6) is 5.75 Å². The van der Waals surface area contributed by atoms with E-state index in [0.29, 0.717) is 18.0 Å². The minimum atomic E-state index is -0.350. The number of carbonyl (C=O) groups excluding carboxylic acids is 2. The van der Waals surface area contributed by atoms with Crippen molar-refractivity contribution in [2.45, 2.75) is 40.7 Å². The van der Waals surface area contributed by atoms with Gasteiger partial charge in [0, 0.05) is 0 Å². The van der Waals surface area contributed by atoms with Gasteiger partial charge in [0.2, 0.25) is 0 Å². The Bertz CT molecular complexity index is 1130. The zero-order chi connectivity index (χ0) is 21.7. The number of hydrogen-bond acceptors (Lipinski definition) is 5. The number of aryl methyl sites for hydroxylation is 2. The van der Waals surface area contributed by atoms with E-state index >= 15 is 0 Å². The summed E-state index contributed by atoms with van der Waals surface area (Å²) >= 11 is 1.41. The Labute approximate surface area is 179 Å². The first-order valence-corrected chi connectivity index (χ1v) is 10.8. The molecule has 0 radical (unpaired) electrons. The van der Waals surface area contributed by atoms with E-state index in [-0.39, 0.29) is 24.8 Å². The van der Waals surface area contributed by atoms with Crippen LogP contribution in [0.4, 0.5) is 0 Å². The second-order valence-electron chi connectivity index (χ2n) is 6.97. The predicted molar refractivity (Wildman–Crippen MR) is 118 cm³/mol. The summed E-state index contributed by atoms with van der Waals surface area (Å²) in [4.78, 5) is 29.7. The number of benzene rings is 2. The lowest BCUT2D eigenvalue weighted by molar-refractivity contribution is -0.143. The Balaban J connectivity index is 1.96. The molecule has 0 unspecified atom stereocenters. The van der Waals surface area contributed by atoms with E-state index in [9.17, 15) is 9.59 Å². The van der Waals surface area contributed by atoms with Gasteiger partial charge in [-0.05, 0) is 62.6 Å². The Kier molecular flexibility index (Phi) is 7.05. The lowest BCUT2D eigenvalue weighted by Gasteiger charge is -2.06. The standard InChI is InChI=1S/C23H26N2O4S/c1-5-28-18-9-7-17(8-10-18)13-20(26)24-23-25(14-21(27)29-6-2)19-12-15(3)11-16(4)22(19)30-23/h7-12H,5-6,13-14H2,1-4H3. The molecule has 1 aromatic heterocycles. The molecular formula is C23H26N2O4S. The van der Waals surface area contributed by atoms with Gasteiger partial charge in [0.1, 0.15) is 12.3 Å². The van der Waals surface area contributed by atoms with Gasteiger partial charge in [0.25, 0.3) is 5.91 Å². The van der Waals surface area contributed by atoms with Crippen molar-refractivity contribution >= 4 is 33.4 Å². The molecule has 0 saturated carbocycles. The molecule has 0 aliphatic heterocycles. The van der Waals surface area contributed by atoms with Gasteiger partial charge in [-0.1, -0.05) is 29.5 Å². The smallest absolute Gasteiger partial charge is 0.326 e. The number of nitrogens with zero attached hydrogens (tertiary/aromatic N) is 2. The topological polar surface area (TPSA) is 69.9 Å². The molecule has 0 aliphatic rings. The number of fused-ring (bicyclic) bond motifs is 1. The highest BCUT2D eigenvalue weighted by molar-refractivity contribution is 7.16. The molecule has 1 heterocycles. The molecule has 0 spiro atoms. The van der Waals surface area contributed by atoms with Crippen LogP contribution < -0.4 is 9.54 Å². The van der Waals surface area contributed by atoms with Crippen LogP contribution in [0.25, 0.3) is 10.2 Å². The van der Waals surface area contributed by atoms with Gasteiger partial charge in [-0.25, -0.2) is 0 Å². The average Bonchev–Trinajstić information content (AvgIpc) is 3.01. The first kappa shape index (κ1) is 21.8. The fourth-order valence-corrected chi connectivity index (χ4v) is 4.37. The molecule has 7 heteroatoms. The van der Waals surface area contributed by atoms with Crippen LogP contribution in [0.1, 0.15) is 30.5 Å². The van der Waals surface area contributed by atoms with Crippen molar-refractivity contribution in [3.05, 3.63) is 57.9 Å². The highest BCUT2D eigenvalue weighted by atomic mass is 32.1. The molecule has 6 nitrogen and oxygen atoms in total. The van der Waals surface area contributed by atoms with Gasteiger partial charge < -0.3 is 14.0 Å². The van der Waals surface area contributed by atoms with Gasteiger partial charge in [0.15, 0.2) is 4.80 Å². The zero-order valence-electron chi connectivity index (χ0n) is 17.7. The van der Waals surface area contributed by atoms with Crippen LogP contribution in [-0.4, -0.2) is 29.7 Å². The van der Waals surface area contributed by atoms with E-state index < -0.39 is 0 Å². The molecule has 0 saturated heterocycles. The maximum atomic E-state index is 12.7. The van der Waals surface area contributed by atoms with E-state index in [4.69, 9.17) is 9.47 Å². The quantitative estimate of drug-likeness (QED) is 0.537. The molecule has 1 amide bonds. The maximum Gasteiger partial charge on any atom is 0.326 e. The first-order valence-electron chi connectivity index (χ1n) is 9.96. The van der Waals surface area contributed by atoms with Crippen LogP contribution in [0.15, 0.2) is 41.4 Å². The van der Waals surface area contributed by atoms with Crippen molar-refractivity contribution in [3.63, 3.8) is 0 Å². The van der Waals surface area contributed by atoms with Gasteiger partial charge in [-0.2, -0.15) is 4.99 Å². The van der Waals surface area contributed by atoms with Crippen molar-refractivity contribution < 1.29 is 19.1 Å². The number of amides is 1. The van der Waals surface area contributed by atoms with Crippen LogP contribution in [0, 0.1) is 13.8 Å². The van der Waals surface area contributed by atoms with Crippen molar-refractivity contribution in [1.29, 1.82) is 0 Å². The number of rotatable bonds is 7. The zero-order valence-corrected chi connectivity index (χ0v) is 18.5. The fraction of sp³-hybridized carbons (Fsp3) is 0.348. The largest absolute Gasteiger partial charge is 0.494 e. The number of carbonyl (C=O) groups is 2. The van der Waals surface area contributed by atoms with Crippen molar-refractivity contribution in [3.8, 4) is 5.75 Å². The molecule has 0 bridgehead atoms. The minimum Gasteiger partial charge on any atom is -0.494 e. The molecular weight excluding hydrogens is 400 g/mol. The highest BCUT2D eigenvalue weighted by Crippen LogP contribution is 2.23. The normalized spacial score (nSPS) is 11.7. The van der Waals surface area contributed by atoms with E-state index in [1.165, 1.54) is 11.3 Å². The van der Waals surface area contributed by atoms with E-state index in [1.54, 1.807) is 11.5 Å². The summed E-state index contributed by atoms with van der Waals surface area (Å²) in [6.07, 6.45) is 0.179. The minimum absolute atomic E-state index is 0.0197. The number of hydrogen-bond donors (Lipinski definition) is 0. The number of thiazole rings is 1. The Hall–Kier alpha value is -2.93. The third-order valence-corrected chi connectivity index (χ3v) is 5.75. The summed E-state index contributed by atoms with van der Waals surface area (Å²) in [5.41, 5.74) is 3.92. The first-order chi connectivity index (χ1) is 14.4. The summed E-state index contributed by atoms with van der Waals surface area (Å²) in [5, 5.41) is 0. The van der Waals surface area contributed by atoms with Gasteiger partial charge in [0.05, 0.1) is 29.9 Å². The maximum absolute atomic E-state index is 12.7. The lowest BCUT2D eigenvalue weighted by atomic mass is 10.1. The molecule has 158 valence electrons. The number of esters is 1. The van der Waals surface area contributed by atoms with Crippen molar-refractivity contribution in [2.24, 2.45) is 4.99 Å².